The largest absolute Gasteiger partial charge is 0.454 e. The first-order valence-corrected chi connectivity index (χ1v) is 7.13. The molecule has 3 aromatic rings. The number of nitrogens with zero attached hydrogens (tertiary/aromatic N) is 4. The highest BCUT2D eigenvalue weighted by Crippen LogP contribution is 2.12. The Hall–Kier alpha value is -2.87. The molecule has 0 unspecified atom stereocenters. The Labute approximate surface area is 132 Å². The van der Waals surface area contributed by atoms with Gasteiger partial charge in [0.1, 0.15) is 5.76 Å². The molecule has 0 spiro atoms. The Kier molecular flexibility index (Phi) is 4.53. The topological polar surface area (TPSA) is 87.1 Å². The van der Waals surface area contributed by atoms with Gasteiger partial charge in [-0.05, 0) is 18.2 Å². The molecule has 1 N–H and O–H groups in total. The molecule has 0 aliphatic rings. The zero-order chi connectivity index (χ0) is 16.1. The fourth-order valence-electron chi connectivity index (χ4n) is 2.07. The summed E-state index contributed by atoms with van der Waals surface area (Å²) < 4.78 is 13.9. The van der Waals surface area contributed by atoms with Crippen LogP contribution in [0, 0.1) is 0 Å². The van der Waals surface area contributed by atoms with Crippen LogP contribution in [0.15, 0.2) is 47.4 Å². The van der Waals surface area contributed by atoms with Crippen LogP contribution in [-0.4, -0.2) is 39.2 Å². The van der Waals surface area contributed by atoms with Gasteiger partial charge in [-0.2, -0.15) is 10.2 Å². The average molecular weight is 315 g/mol. The normalized spacial score (nSPS) is 10.8. The number of carbonyl (C=O) groups is 1. The predicted molar refractivity (Wildman–Crippen MR) is 82.1 cm³/mol. The first kappa shape index (κ1) is 15.0. The van der Waals surface area contributed by atoms with Crippen LogP contribution in [0.3, 0.4) is 0 Å². The molecule has 0 saturated carbocycles. The highest BCUT2D eigenvalue weighted by Gasteiger charge is 2.12. The van der Waals surface area contributed by atoms with Gasteiger partial charge in [0.05, 0.1) is 31.6 Å². The van der Waals surface area contributed by atoms with Crippen molar-refractivity contribution in [3.05, 3.63) is 54.5 Å². The summed E-state index contributed by atoms with van der Waals surface area (Å²) >= 11 is 0. The fourth-order valence-corrected chi connectivity index (χ4v) is 2.07. The minimum Gasteiger partial charge on any atom is -0.454 e. The number of amides is 1. The highest BCUT2D eigenvalue weighted by molar-refractivity contribution is 6.02. The van der Waals surface area contributed by atoms with Crippen molar-refractivity contribution >= 4 is 11.6 Å². The molecule has 0 radical (unpaired) electrons. The van der Waals surface area contributed by atoms with Crippen LogP contribution in [0.1, 0.15) is 16.3 Å². The molecule has 0 atom stereocenters. The molecule has 0 fully saturated rings. The molecule has 0 saturated heterocycles. The summed E-state index contributed by atoms with van der Waals surface area (Å²) in [4.78, 5) is 12.2. The molecule has 3 rings (SSSR count). The number of rotatable bonds is 7. The van der Waals surface area contributed by atoms with Crippen molar-refractivity contribution in [1.29, 1.82) is 0 Å². The lowest BCUT2D eigenvalue weighted by atomic mass is 10.4. The van der Waals surface area contributed by atoms with Crippen molar-refractivity contribution in [1.82, 2.24) is 19.6 Å². The van der Waals surface area contributed by atoms with Crippen LogP contribution >= 0.6 is 0 Å². The fraction of sp³-hybridized carbons (Fsp3) is 0.267. The third kappa shape index (κ3) is 3.86. The van der Waals surface area contributed by atoms with Crippen molar-refractivity contribution in [2.45, 2.75) is 13.1 Å². The highest BCUT2D eigenvalue weighted by atomic mass is 16.5. The summed E-state index contributed by atoms with van der Waals surface area (Å²) in [6.07, 6.45) is 6.85. The van der Waals surface area contributed by atoms with Crippen LogP contribution in [0.25, 0.3) is 0 Å². The number of ether oxygens (including phenoxy) is 1. The van der Waals surface area contributed by atoms with Crippen molar-refractivity contribution in [2.24, 2.45) is 0 Å². The molecule has 0 aromatic carbocycles. The Morgan fingerprint density at radius 3 is 3.04 bits per heavy atom. The van der Waals surface area contributed by atoms with Crippen LogP contribution in [0.4, 0.5) is 5.69 Å². The molecule has 0 aliphatic carbocycles. The molecule has 8 nitrogen and oxygen atoms in total. The Morgan fingerprint density at radius 2 is 2.26 bits per heavy atom. The van der Waals surface area contributed by atoms with E-state index in [-0.39, 0.29) is 11.7 Å². The zero-order valence-corrected chi connectivity index (χ0v) is 12.7. The summed E-state index contributed by atoms with van der Waals surface area (Å²) in [5.41, 5.74) is 0.608. The summed E-state index contributed by atoms with van der Waals surface area (Å²) in [6, 6.07) is 5.24. The number of methoxy groups -OCH3 is 1. The molecular weight excluding hydrogens is 298 g/mol. The molecule has 3 heterocycles. The van der Waals surface area contributed by atoms with Gasteiger partial charge in [0.25, 0.3) is 5.91 Å². The maximum atomic E-state index is 12.2. The van der Waals surface area contributed by atoms with Crippen molar-refractivity contribution in [3.8, 4) is 0 Å². The van der Waals surface area contributed by atoms with E-state index in [1.165, 1.54) is 0 Å². The molecule has 23 heavy (non-hydrogen) atoms. The molecular formula is C15H17N5O3. The van der Waals surface area contributed by atoms with Gasteiger partial charge in [0, 0.05) is 25.7 Å². The Bertz CT molecular complexity index is 760. The maximum absolute atomic E-state index is 12.2. The SMILES string of the molecule is COCCn1cc(NC(=O)c2ccc(Cn3cccn3)o2)cn1. The van der Waals surface area contributed by atoms with E-state index in [2.05, 4.69) is 15.5 Å². The van der Waals surface area contributed by atoms with E-state index >= 15 is 0 Å². The molecule has 0 aliphatic heterocycles. The van der Waals surface area contributed by atoms with Gasteiger partial charge in [-0.3, -0.25) is 14.2 Å². The zero-order valence-electron chi connectivity index (χ0n) is 12.7. The lowest BCUT2D eigenvalue weighted by Gasteiger charge is -2.00. The van der Waals surface area contributed by atoms with Crippen LogP contribution in [0.5, 0.6) is 0 Å². The predicted octanol–water partition coefficient (Wildman–Crippen LogP) is 1.62. The second-order valence-corrected chi connectivity index (χ2v) is 4.91. The summed E-state index contributed by atoms with van der Waals surface area (Å²) in [7, 11) is 1.63. The van der Waals surface area contributed by atoms with Gasteiger partial charge in [0.15, 0.2) is 5.76 Å². The number of nitrogens with one attached hydrogen (secondary N) is 1. The van der Waals surface area contributed by atoms with E-state index < -0.39 is 0 Å². The minimum atomic E-state index is -0.317. The molecule has 0 bridgehead atoms. The number of hydrogen-bond donors (Lipinski definition) is 1. The monoisotopic (exact) mass is 315 g/mol. The van der Waals surface area contributed by atoms with E-state index in [0.29, 0.717) is 31.1 Å². The van der Waals surface area contributed by atoms with E-state index in [4.69, 9.17) is 9.15 Å². The van der Waals surface area contributed by atoms with Crippen LogP contribution in [-0.2, 0) is 17.8 Å². The van der Waals surface area contributed by atoms with E-state index in [1.54, 1.807) is 47.2 Å². The van der Waals surface area contributed by atoms with Gasteiger partial charge < -0.3 is 14.5 Å². The Balaban J connectivity index is 1.60. The third-order valence-electron chi connectivity index (χ3n) is 3.18. The quantitative estimate of drug-likeness (QED) is 0.716. The first-order valence-electron chi connectivity index (χ1n) is 7.13. The van der Waals surface area contributed by atoms with Crippen LogP contribution < -0.4 is 5.32 Å². The number of furan rings is 1. The first-order chi connectivity index (χ1) is 11.2. The molecule has 120 valence electrons. The number of hydrogen-bond acceptors (Lipinski definition) is 5. The van der Waals surface area contributed by atoms with Crippen molar-refractivity contribution in [3.63, 3.8) is 0 Å². The standard InChI is InChI=1S/C15H17N5O3/c1-22-8-7-20-10-12(9-17-20)18-15(21)14-4-3-13(23-14)11-19-6-2-5-16-19/h2-6,9-10H,7-8,11H2,1H3,(H,18,21). The second kappa shape index (κ2) is 6.93. The summed E-state index contributed by atoms with van der Waals surface area (Å²) in [6.45, 7) is 1.67. The third-order valence-corrected chi connectivity index (χ3v) is 3.18. The molecule has 1 amide bonds. The van der Waals surface area contributed by atoms with Gasteiger partial charge in [-0.25, -0.2) is 0 Å². The Morgan fingerprint density at radius 1 is 1.35 bits per heavy atom. The van der Waals surface area contributed by atoms with Gasteiger partial charge in [-0.1, -0.05) is 0 Å². The summed E-state index contributed by atoms with van der Waals surface area (Å²) in [5, 5.41) is 11.0. The number of carbonyl (C=O) groups excluding carboxylic acids is 1. The minimum absolute atomic E-state index is 0.247. The van der Waals surface area contributed by atoms with Crippen LogP contribution in [0.2, 0.25) is 0 Å². The van der Waals surface area contributed by atoms with E-state index in [0.717, 1.165) is 0 Å². The van der Waals surface area contributed by atoms with E-state index in [1.807, 2.05) is 12.3 Å². The molecule has 8 heteroatoms. The maximum Gasteiger partial charge on any atom is 0.291 e. The summed E-state index contributed by atoms with van der Waals surface area (Å²) in [5.74, 6) is 0.592. The van der Waals surface area contributed by atoms with E-state index in [9.17, 15) is 4.79 Å². The average Bonchev–Trinajstić information content (AvgIpc) is 3.27. The molecule has 3 aromatic heterocycles. The van der Waals surface area contributed by atoms with Gasteiger partial charge in [-0.15, -0.1) is 0 Å². The second-order valence-electron chi connectivity index (χ2n) is 4.91. The number of aromatic nitrogens is 4. The van der Waals surface area contributed by atoms with Crippen molar-refractivity contribution < 1.29 is 13.9 Å². The number of anilines is 1. The van der Waals surface area contributed by atoms with Gasteiger partial charge in [0.2, 0.25) is 0 Å². The lowest BCUT2D eigenvalue weighted by molar-refractivity contribution is 0.0994. The van der Waals surface area contributed by atoms with Gasteiger partial charge >= 0.3 is 0 Å². The smallest absolute Gasteiger partial charge is 0.291 e. The van der Waals surface area contributed by atoms with Crippen molar-refractivity contribution in [2.75, 3.05) is 19.0 Å². The lowest BCUT2D eigenvalue weighted by Crippen LogP contribution is -2.10.